The van der Waals surface area contributed by atoms with Crippen LogP contribution in [0.2, 0.25) is 0 Å². The van der Waals surface area contributed by atoms with Crippen LogP contribution in [0, 0.1) is 0 Å². The molecule has 1 saturated heterocycles. The van der Waals surface area contributed by atoms with Gasteiger partial charge in [0.15, 0.2) is 11.5 Å². The molecule has 0 radical (unpaired) electrons. The Kier molecular flexibility index (Phi) is 6.79. The summed E-state index contributed by atoms with van der Waals surface area (Å²) in [6, 6.07) is 17.5. The van der Waals surface area contributed by atoms with E-state index in [4.69, 9.17) is 9.47 Å². The summed E-state index contributed by atoms with van der Waals surface area (Å²) in [5.74, 6) is 1.55. The molecule has 1 aliphatic rings. The van der Waals surface area contributed by atoms with E-state index >= 15 is 0 Å². The molecule has 172 valence electrons. The van der Waals surface area contributed by atoms with Gasteiger partial charge in [-0.1, -0.05) is 18.2 Å². The smallest absolute Gasteiger partial charge is 0.251 e. The van der Waals surface area contributed by atoms with Crippen molar-refractivity contribution < 1.29 is 22.7 Å². The third-order valence-corrected chi connectivity index (χ3v) is 7.00. The third kappa shape index (κ3) is 5.43. The van der Waals surface area contributed by atoms with E-state index in [1.165, 1.54) is 4.31 Å². The van der Waals surface area contributed by atoms with Crippen molar-refractivity contribution in [2.24, 2.45) is 0 Å². The van der Waals surface area contributed by atoms with Gasteiger partial charge in [-0.05, 0) is 55.3 Å². The van der Waals surface area contributed by atoms with Crippen molar-refractivity contribution >= 4 is 21.6 Å². The minimum atomic E-state index is -3.24. The number of para-hydroxylation sites is 2. The molecule has 9 heteroatoms. The molecule has 0 bridgehead atoms. The van der Waals surface area contributed by atoms with Crippen molar-refractivity contribution in [2.45, 2.75) is 19.9 Å². The van der Waals surface area contributed by atoms with Crippen LogP contribution in [0.15, 0.2) is 66.9 Å². The van der Waals surface area contributed by atoms with Crippen LogP contribution in [0.5, 0.6) is 17.4 Å². The Balaban J connectivity index is 1.33. The van der Waals surface area contributed by atoms with E-state index in [1.54, 1.807) is 36.5 Å². The lowest BCUT2D eigenvalue weighted by molar-refractivity contribution is 0.0951. The second-order valence-corrected chi connectivity index (χ2v) is 9.47. The van der Waals surface area contributed by atoms with E-state index in [-0.39, 0.29) is 11.7 Å². The SMILES string of the molecule is CCOc1ccccc1Oc1ccc(CNC(=O)c2ccc(N3CCCS3(=O)=O)cc2)cn1. The average molecular weight is 468 g/mol. The quantitative estimate of drug-likeness (QED) is 0.542. The van der Waals surface area contributed by atoms with Crippen LogP contribution in [0.3, 0.4) is 0 Å². The number of anilines is 1. The molecule has 0 aliphatic carbocycles. The lowest BCUT2D eigenvalue weighted by atomic mass is 10.2. The predicted octanol–water partition coefficient (Wildman–Crippen LogP) is 3.74. The number of hydrogen-bond acceptors (Lipinski definition) is 6. The summed E-state index contributed by atoms with van der Waals surface area (Å²) in [7, 11) is -3.24. The second kappa shape index (κ2) is 9.91. The molecule has 1 aromatic heterocycles. The molecule has 1 N–H and O–H groups in total. The molecule has 1 fully saturated rings. The summed E-state index contributed by atoms with van der Waals surface area (Å²) in [6.45, 7) is 3.21. The predicted molar refractivity (Wildman–Crippen MR) is 125 cm³/mol. The highest BCUT2D eigenvalue weighted by atomic mass is 32.2. The lowest BCUT2D eigenvalue weighted by Gasteiger charge is -2.17. The number of benzene rings is 2. The maximum atomic E-state index is 12.5. The fraction of sp³-hybridized carbons (Fsp3) is 0.250. The van der Waals surface area contributed by atoms with Gasteiger partial charge < -0.3 is 14.8 Å². The first-order chi connectivity index (χ1) is 16.0. The van der Waals surface area contributed by atoms with Crippen LogP contribution in [0.25, 0.3) is 0 Å². The normalized spacial score (nSPS) is 14.6. The Bertz CT molecular complexity index is 1210. The monoisotopic (exact) mass is 467 g/mol. The summed E-state index contributed by atoms with van der Waals surface area (Å²) >= 11 is 0. The summed E-state index contributed by atoms with van der Waals surface area (Å²) in [5.41, 5.74) is 1.85. The molecule has 1 aliphatic heterocycles. The molecule has 0 atom stereocenters. The van der Waals surface area contributed by atoms with Crippen LogP contribution in [-0.4, -0.2) is 38.2 Å². The number of carbonyl (C=O) groups excluding carboxylic acids is 1. The van der Waals surface area contributed by atoms with Crippen molar-refractivity contribution in [3.05, 3.63) is 78.0 Å². The minimum absolute atomic E-state index is 0.159. The first-order valence-corrected chi connectivity index (χ1v) is 12.3. The Morgan fingerprint density at radius 3 is 2.45 bits per heavy atom. The van der Waals surface area contributed by atoms with Gasteiger partial charge in [0.1, 0.15) is 0 Å². The number of amides is 1. The van der Waals surface area contributed by atoms with Crippen LogP contribution >= 0.6 is 0 Å². The van der Waals surface area contributed by atoms with E-state index in [9.17, 15) is 13.2 Å². The number of sulfonamides is 1. The van der Waals surface area contributed by atoms with Crippen molar-refractivity contribution in [1.29, 1.82) is 0 Å². The van der Waals surface area contributed by atoms with E-state index in [1.807, 2.05) is 37.3 Å². The van der Waals surface area contributed by atoms with E-state index in [0.717, 1.165) is 5.56 Å². The first-order valence-electron chi connectivity index (χ1n) is 10.7. The summed E-state index contributed by atoms with van der Waals surface area (Å²) in [4.78, 5) is 16.8. The van der Waals surface area contributed by atoms with Crippen molar-refractivity contribution in [1.82, 2.24) is 10.3 Å². The van der Waals surface area contributed by atoms with E-state index in [0.29, 0.717) is 54.7 Å². The summed E-state index contributed by atoms with van der Waals surface area (Å²) in [6.07, 6.45) is 2.25. The van der Waals surface area contributed by atoms with Gasteiger partial charge in [0.2, 0.25) is 15.9 Å². The third-order valence-electron chi connectivity index (χ3n) is 5.13. The molecule has 1 amide bonds. The highest BCUT2D eigenvalue weighted by Crippen LogP contribution is 2.30. The molecule has 8 nitrogen and oxygen atoms in total. The number of rotatable bonds is 8. The Morgan fingerprint density at radius 1 is 1.06 bits per heavy atom. The lowest BCUT2D eigenvalue weighted by Crippen LogP contribution is -2.25. The van der Waals surface area contributed by atoms with Gasteiger partial charge in [0.05, 0.1) is 18.0 Å². The zero-order chi connectivity index (χ0) is 23.3. The second-order valence-electron chi connectivity index (χ2n) is 7.46. The molecular weight excluding hydrogens is 442 g/mol. The topological polar surface area (TPSA) is 97.8 Å². The van der Waals surface area contributed by atoms with Crippen LogP contribution < -0.4 is 19.1 Å². The fourth-order valence-corrected chi connectivity index (χ4v) is 5.06. The van der Waals surface area contributed by atoms with Crippen molar-refractivity contribution in [3.63, 3.8) is 0 Å². The van der Waals surface area contributed by atoms with Crippen LogP contribution in [0.4, 0.5) is 5.69 Å². The number of aromatic nitrogens is 1. The molecule has 2 aromatic carbocycles. The van der Waals surface area contributed by atoms with Crippen LogP contribution in [0.1, 0.15) is 29.3 Å². The number of carbonyl (C=O) groups is 1. The molecule has 2 heterocycles. The Morgan fingerprint density at radius 2 is 1.82 bits per heavy atom. The van der Waals surface area contributed by atoms with Gasteiger partial charge in [-0.15, -0.1) is 0 Å². The van der Waals surface area contributed by atoms with E-state index < -0.39 is 10.0 Å². The average Bonchev–Trinajstić information content (AvgIpc) is 3.19. The van der Waals surface area contributed by atoms with E-state index in [2.05, 4.69) is 10.3 Å². The number of ether oxygens (including phenoxy) is 2. The van der Waals surface area contributed by atoms with Gasteiger partial charge in [-0.3, -0.25) is 9.10 Å². The van der Waals surface area contributed by atoms with Gasteiger partial charge in [-0.2, -0.15) is 0 Å². The molecular formula is C24H25N3O5S. The molecule has 4 rings (SSSR count). The molecule has 0 saturated carbocycles. The Labute approximate surface area is 193 Å². The minimum Gasteiger partial charge on any atom is -0.490 e. The largest absolute Gasteiger partial charge is 0.490 e. The molecule has 3 aromatic rings. The number of hydrogen-bond donors (Lipinski definition) is 1. The first kappa shape index (κ1) is 22.6. The Hall–Kier alpha value is -3.59. The van der Waals surface area contributed by atoms with Crippen molar-refractivity contribution in [3.8, 4) is 17.4 Å². The number of nitrogens with zero attached hydrogens (tertiary/aromatic N) is 2. The van der Waals surface area contributed by atoms with Gasteiger partial charge in [0.25, 0.3) is 5.91 Å². The maximum Gasteiger partial charge on any atom is 0.251 e. The zero-order valence-electron chi connectivity index (χ0n) is 18.2. The standard InChI is InChI=1S/C24H25N3O5S/c1-2-31-21-6-3-4-7-22(21)32-23-13-8-18(16-25-23)17-26-24(28)19-9-11-20(12-10-19)27-14-5-15-33(27,29)30/h3-4,6-13,16H,2,5,14-15,17H2,1H3,(H,26,28). The maximum absolute atomic E-state index is 12.5. The van der Waals surface area contributed by atoms with Crippen LogP contribution in [-0.2, 0) is 16.6 Å². The van der Waals surface area contributed by atoms with Gasteiger partial charge >= 0.3 is 0 Å². The number of pyridine rings is 1. The highest BCUT2D eigenvalue weighted by molar-refractivity contribution is 7.93. The number of nitrogens with one attached hydrogen (secondary N) is 1. The van der Waals surface area contributed by atoms with Gasteiger partial charge in [-0.25, -0.2) is 13.4 Å². The fourth-order valence-electron chi connectivity index (χ4n) is 3.49. The molecule has 0 spiro atoms. The van der Waals surface area contributed by atoms with Crippen molar-refractivity contribution in [2.75, 3.05) is 23.2 Å². The van der Waals surface area contributed by atoms with Gasteiger partial charge in [0, 0.05) is 30.9 Å². The molecule has 0 unspecified atom stereocenters. The summed E-state index contributed by atoms with van der Waals surface area (Å²) < 4.78 is 36.8. The summed E-state index contributed by atoms with van der Waals surface area (Å²) in [5, 5.41) is 2.84. The molecule has 33 heavy (non-hydrogen) atoms. The highest BCUT2D eigenvalue weighted by Gasteiger charge is 2.28. The zero-order valence-corrected chi connectivity index (χ0v) is 19.0.